The average molecular weight is 504 g/mol. The van der Waals surface area contributed by atoms with Gasteiger partial charge in [0.25, 0.3) is 0 Å². The van der Waals surface area contributed by atoms with Crippen molar-refractivity contribution in [1.29, 1.82) is 0 Å². The quantitative estimate of drug-likeness (QED) is 0.324. The molecule has 1 unspecified atom stereocenters. The Morgan fingerprint density at radius 1 is 0.824 bits per heavy atom. The van der Waals surface area contributed by atoms with E-state index in [1.54, 1.807) is 26.0 Å². The zero-order valence-electron chi connectivity index (χ0n) is 20.0. The fraction of sp³-hybridized carbons (Fsp3) is 0.520. The summed E-state index contributed by atoms with van der Waals surface area (Å²) in [5.41, 5.74) is -1.98. The van der Waals surface area contributed by atoms with Crippen molar-refractivity contribution in [3.05, 3.63) is 69.8 Å². The molecule has 1 heterocycles. The van der Waals surface area contributed by atoms with Crippen molar-refractivity contribution in [3.63, 3.8) is 0 Å². The fourth-order valence-electron chi connectivity index (χ4n) is 4.62. The van der Waals surface area contributed by atoms with Crippen LogP contribution in [0, 0.1) is 13.8 Å². The van der Waals surface area contributed by atoms with Crippen molar-refractivity contribution in [2.45, 2.75) is 76.7 Å². The summed E-state index contributed by atoms with van der Waals surface area (Å²) in [6.07, 6.45) is -7.88. The van der Waals surface area contributed by atoms with E-state index >= 15 is 0 Å². The van der Waals surface area contributed by atoms with Gasteiger partial charge in [-0.3, -0.25) is 0 Å². The summed E-state index contributed by atoms with van der Waals surface area (Å²) in [5.74, 6) is 0. The Labute approximate surface area is 197 Å². The molecule has 34 heavy (non-hydrogen) atoms. The summed E-state index contributed by atoms with van der Waals surface area (Å²) in [6, 6.07) is 7.60. The van der Waals surface area contributed by atoms with Crippen LogP contribution in [0.1, 0.15) is 53.1 Å². The minimum Gasteiger partial charge on any atom is -0.402 e. The van der Waals surface area contributed by atoms with Crippen LogP contribution in [0.2, 0.25) is 19.1 Å². The fourth-order valence-corrected chi connectivity index (χ4v) is 6.01. The number of halogens is 6. The number of aryl methyl sites for hydroxylation is 2. The lowest BCUT2D eigenvalue weighted by Crippen LogP contribution is -2.54. The molecule has 9 heteroatoms. The van der Waals surface area contributed by atoms with Gasteiger partial charge in [0, 0.05) is 6.04 Å². The molecule has 1 atom stereocenters. The number of benzene rings is 2. The normalized spacial score (nSPS) is 17.9. The first-order valence-electron chi connectivity index (χ1n) is 11.4. The first-order valence-corrected chi connectivity index (χ1v) is 14.5. The summed E-state index contributed by atoms with van der Waals surface area (Å²) >= 11 is 0. The smallest absolute Gasteiger partial charge is 0.402 e. The van der Waals surface area contributed by atoms with Crippen LogP contribution < -0.4 is 5.32 Å². The first-order chi connectivity index (χ1) is 15.6. The van der Waals surface area contributed by atoms with E-state index in [1.807, 2.05) is 20.0 Å². The lowest BCUT2D eigenvalue weighted by molar-refractivity contribution is -0.138. The highest BCUT2D eigenvalue weighted by atomic mass is 28.4. The van der Waals surface area contributed by atoms with E-state index in [2.05, 4.69) is 5.32 Å². The molecule has 1 aliphatic rings. The maximum Gasteiger partial charge on any atom is 0.416 e. The van der Waals surface area contributed by atoms with E-state index in [1.165, 1.54) is 0 Å². The molecule has 0 aromatic heterocycles. The van der Waals surface area contributed by atoms with Crippen molar-refractivity contribution in [3.8, 4) is 0 Å². The standard InChI is InChI=1S/C25H31F6NOSi/c1-6-34(4,5)33-23(22-8-7-9-32-22,18-10-16(2)12-20(14-18)24(26,27)28)19-11-17(3)13-21(15-19)25(29,30)31/h10-15,22,32H,6-9H2,1-5H3. The second-order valence-electron chi connectivity index (χ2n) is 9.77. The predicted octanol–water partition coefficient (Wildman–Crippen LogP) is 7.58. The van der Waals surface area contributed by atoms with Crippen molar-refractivity contribution < 1.29 is 30.8 Å². The van der Waals surface area contributed by atoms with Crippen LogP contribution in [0.3, 0.4) is 0 Å². The molecule has 1 saturated heterocycles. The predicted molar refractivity (Wildman–Crippen MR) is 123 cm³/mol. The highest BCUT2D eigenvalue weighted by molar-refractivity contribution is 6.71. The van der Waals surface area contributed by atoms with Gasteiger partial charge < -0.3 is 9.74 Å². The van der Waals surface area contributed by atoms with E-state index in [-0.39, 0.29) is 11.1 Å². The summed E-state index contributed by atoms with van der Waals surface area (Å²) in [6.45, 7) is 9.56. The van der Waals surface area contributed by atoms with Gasteiger partial charge in [0.2, 0.25) is 0 Å². The number of alkyl halides is 6. The molecule has 0 saturated carbocycles. The van der Waals surface area contributed by atoms with Gasteiger partial charge in [-0.1, -0.05) is 30.2 Å². The van der Waals surface area contributed by atoms with Crippen molar-refractivity contribution in [2.75, 3.05) is 6.54 Å². The molecule has 2 aromatic carbocycles. The summed E-state index contributed by atoms with van der Waals surface area (Å²) in [5, 5.41) is 3.33. The molecule has 1 aliphatic heterocycles. The van der Waals surface area contributed by atoms with Gasteiger partial charge in [-0.25, -0.2) is 0 Å². The van der Waals surface area contributed by atoms with Gasteiger partial charge in [0.05, 0.1) is 11.1 Å². The van der Waals surface area contributed by atoms with E-state index in [0.29, 0.717) is 30.1 Å². The summed E-state index contributed by atoms with van der Waals surface area (Å²) in [4.78, 5) is 0. The Hall–Kier alpha value is -1.84. The van der Waals surface area contributed by atoms with Crippen LogP contribution in [-0.2, 0) is 22.4 Å². The molecule has 2 aromatic rings. The lowest BCUT2D eigenvalue weighted by Gasteiger charge is -2.46. The third-order valence-corrected chi connectivity index (χ3v) is 9.08. The van der Waals surface area contributed by atoms with E-state index in [9.17, 15) is 26.3 Å². The van der Waals surface area contributed by atoms with E-state index in [4.69, 9.17) is 4.43 Å². The Kier molecular flexibility index (Phi) is 7.33. The van der Waals surface area contributed by atoms with Gasteiger partial charge in [-0.15, -0.1) is 0 Å². The highest BCUT2D eigenvalue weighted by Crippen LogP contribution is 2.46. The molecule has 0 radical (unpaired) electrons. The third kappa shape index (κ3) is 5.52. The summed E-state index contributed by atoms with van der Waals surface area (Å²) in [7, 11) is -2.51. The third-order valence-electron chi connectivity index (χ3n) is 6.51. The molecule has 0 amide bonds. The molecular weight excluding hydrogens is 472 g/mol. The van der Waals surface area contributed by atoms with Gasteiger partial charge in [-0.05, 0) is 87.8 Å². The SMILES string of the molecule is CC[Si](C)(C)OC(c1cc(C)cc(C(F)(F)F)c1)(c1cc(C)cc(C(F)(F)F)c1)C1CCCN1. The van der Waals surface area contributed by atoms with Crippen molar-refractivity contribution in [1.82, 2.24) is 5.32 Å². The van der Waals surface area contributed by atoms with Crippen molar-refractivity contribution in [2.24, 2.45) is 0 Å². The Balaban J connectivity index is 2.43. The minimum absolute atomic E-state index is 0.229. The Morgan fingerprint density at radius 2 is 1.26 bits per heavy atom. The van der Waals surface area contributed by atoms with Crippen LogP contribution in [-0.4, -0.2) is 20.9 Å². The number of rotatable bonds is 6. The monoisotopic (exact) mass is 503 g/mol. The molecule has 0 bridgehead atoms. The van der Waals surface area contributed by atoms with Crippen LogP contribution in [0.5, 0.6) is 0 Å². The molecule has 3 rings (SSSR count). The maximum absolute atomic E-state index is 13.8. The first kappa shape index (κ1) is 26.8. The highest BCUT2D eigenvalue weighted by Gasteiger charge is 2.49. The molecule has 1 N–H and O–H groups in total. The van der Waals surface area contributed by atoms with Gasteiger partial charge in [0.1, 0.15) is 5.60 Å². The minimum atomic E-state index is -4.60. The van der Waals surface area contributed by atoms with E-state index < -0.39 is 43.4 Å². The van der Waals surface area contributed by atoms with Crippen LogP contribution in [0.15, 0.2) is 36.4 Å². The van der Waals surface area contributed by atoms with Gasteiger partial charge in [-0.2, -0.15) is 26.3 Å². The molecule has 188 valence electrons. The van der Waals surface area contributed by atoms with E-state index in [0.717, 1.165) is 30.7 Å². The Bertz CT molecular complexity index is 962. The molecular formula is C25H31F6NOSi. The summed E-state index contributed by atoms with van der Waals surface area (Å²) < 4.78 is 89.7. The largest absolute Gasteiger partial charge is 0.416 e. The Morgan fingerprint density at radius 3 is 1.62 bits per heavy atom. The van der Waals surface area contributed by atoms with Gasteiger partial charge in [0.15, 0.2) is 8.32 Å². The zero-order chi connectivity index (χ0) is 25.5. The second-order valence-corrected chi connectivity index (χ2v) is 14.2. The number of nitrogens with one attached hydrogen (secondary N) is 1. The average Bonchev–Trinajstić information content (AvgIpc) is 3.25. The molecule has 0 spiro atoms. The van der Waals surface area contributed by atoms with Gasteiger partial charge >= 0.3 is 12.4 Å². The topological polar surface area (TPSA) is 21.3 Å². The molecule has 0 aliphatic carbocycles. The second kappa shape index (κ2) is 9.31. The van der Waals surface area contributed by atoms with Crippen molar-refractivity contribution >= 4 is 8.32 Å². The lowest BCUT2D eigenvalue weighted by atomic mass is 9.77. The van der Waals surface area contributed by atoms with Crippen LogP contribution in [0.25, 0.3) is 0 Å². The van der Waals surface area contributed by atoms with Crippen LogP contribution in [0.4, 0.5) is 26.3 Å². The van der Waals surface area contributed by atoms with Crippen LogP contribution >= 0.6 is 0 Å². The maximum atomic E-state index is 13.8. The number of hydrogen-bond acceptors (Lipinski definition) is 2. The number of hydrogen-bond donors (Lipinski definition) is 1. The molecule has 2 nitrogen and oxygen atoms in total. The zero-order valence-corrected chi connectivity index (χ0v) is 21.0. The molecule has 1 fully saturated rings.